The molecule has 0 spiro atoms. The Morgan fingerprint density at radius 1 is 1.04 bits per heavy atom. The molecule has 1 aliphatic heterocycles. The second-order valence-corrected chi connectivity index (χ2v) is 9.69. The predicted octanol–water partition coefficient (Wildman–Crippen LogP) is 1.28. The molecule has 1 aromatic carbocycles. The van der Waals surface area contributed by atoms with Crippen molar-refractivity contribution in [3.63, 3.8) is 0 Å². The molecule has 7 nitrogen and oxygen atoms in total. The zero-order valence-electron chi connectivity index (χ0n) is 15.0. The maximum Gasteiger partial charge on any atom is 0.309 e. The molecule has 2 N–H and O–H groups in total. The summed E-state index contributed by atoms with van der Waals surface area (Å²) in [5, 5.41) is 5.54. The first-order valence-corrected chi connectivity index (χ1v) is 11.0. The zero-order chi connectivity index (χ0) is 19.4. The Kier molecular flexibility index (Phi) is 6.39. The molecule has 1 heterocycles. The van der Waals surface area contributed by atoms with Gasteiger partial charge in [-0.25, -0.2) is 12.7 Å². The first kappa shape index (κ1) is 20.1. The smallest absolute Gasteiger partial charge is 0.309 e. The minimum atomic E-state index is -3.12. The minimum Gasteiger partial charge on any atom is -0.348 e. The topological polar surface area (TPSA) is 95.6 Å². The second-order valence-electron chi connectivity index (χ2n) is 7.07. The monoisotopic (exact) mass is 413 g/mol. The molecular weight excluding hydrogens is 390 g/mol. The van der Waals surface area contributed by atoms with E-state index in [1.807, 2.05) is 6.07 Å². The molecule has 0 bridgehead atoms. The van der Waals surface area contributed by atoms with Crippen LogP contribution in [0.3, 0.4) is 0 Å². The van der Waals surface area contributed by atoms with Crippen LogP contribution in [-0.2, 0) is 26.2 Å². The molecule has 2 fully saturated rings. The summed E-state index contributed by atoms with van der Waals surface area (Å²) in [5.74, 6) is -1.21. The Bertz CT molecular complexity index is 803. The van der Waals surface area contributed by atoms with Crippen molar-refractivity contribution in [3.8, 4) is 0 Å². The summed E-state index contributed by atoms with van der Waals surface area (Å²) in [4.78, 5) is 23.9. The Hall–Kier alpha value is -1.64. The van der Waals surface area contributed by atoms with E-state index in [4.69, 9.17) is 11.6 Å². The van der Waals surface area contributed by atoms with E-state index in [9.17, 15) is 18.0 Å². The molecule has 1 saturated carbocycles. The van der Waals surface area contributed by atoms with Crippen molar-refractivity contribution in [2.45, 2.75) is 37.5 Å². The molecule has 2 amide bonds. The van der Waals surface area contributed by atoms with Crippen LogP contribution < -0.4 is 10.6 Å². The number of amides is 2. The fraction of sp³-hybridized carbons (Fsp3) is 0.556. The lowest BCUT2D eigenvalue weighted by atomic mass is 9.98. The number of nitrogens with zero attached hydrogens (tertiary/aromatic N) is 1. The van der Waals surface area contributed by atoms with Crippen LogP contribution in [0.1, 0.15) is 31.2 Å². The highest BCUT2D eigenvalue weighted by molar-refractivity contribution is 7.90. The molecule has 0 unspecified atom stereocenters. The summed E-state index contributed by atoms with van der Waals surface area (Å²) < 4.78 is 26.0. The molecule has 148 valence electrons. The average molecular weight is 414 g/mol. The summed E-state index contributed by atoms with van der Waals surface area (Å²) in [6.45, 7) is 1.52. The van der Waals surface area contributed by atoms with Gasteiger partial charge in [0.1, 0.15) is 0 Å². The van der Waals surface area contributed by atoms with Crippen LogP contribution >= 0.6 is 11.6 Å². The van der Waals surface area contributed by atoms with Gasteiger partial charge in [-0.05, 0) is 43.2 Å². The van der Waals surface area contributed by atoms with Gasteiger partial charge in [0.2, 0.25) is 10.0 Å². The van der Waals surface area contributed by atoms with Gasteiger partial charge in [-0.1, -0.05) is 29.8 Å². The summed E-state index contributed by atoms with van der Waals surface area (Å²) in [6.07, 6.45) is 2.91. The number of nitrogens with one attached hydrogen (secondary N) is 2. The van der Waals surface area contributed by atoms with Crippen molar-refractivity contribution < 1.29 is 18.0 Å². The van der Waals surface area contributed by atoms with Crippen LogP contribution in [0.25, 0.3) is 0 Å². The van der Waals surface area contributed by atoms with Crippen molar-refractivity contribution in [2.24, 2.45) is 5.92 Å². The van der Waals surface area contributed by atoms with Crippen LogP contribution in [0.15, 0.2) is 24.3 Å². The summed E-state index contributed by atoms with van der Waals surface area (Å²) in [7, 11) is -3.12. The van der Waals surface area contributed by atoms with Crippen LogP contribution in [0, 0.1) is 5.92 Å². The Labute approximate surface area is 164 Å². The molecule has 1 aliphatic carbocycles. The highest BCUT2D eigenvalue weighted by atomic mass is 35.5. The maximum absolute atomic E-state index is 12.2. The van der Waals surface area contributed by atoms with E-state index in [1.165, 1.54) is 0 Å². The minimum absolute atomic E-state index is 0.177. The molecule has 0 aromatic heterocycles. The Morgan fingerprint density at radius 3 is 2.30 bits per heavy atom. The summed E-state index contributed by atoms with van der Waals surface area (Å²) in [5.41, 5.74) is 0.740. The van der Waals surface area contributed by atoms with Crippen LogP contribution in [0.4, 0.5) is 0 Å². The number of hydrogen-bond donors (Lipinski definition) is 2. The van der Waals surface area contributed by atoms with Gasteiger partial charge in [0, 0.05) is 31.2 Å². The van der Waals surface area contributed by atoms with E-state index in [1.54, 1.807) is 22.5 Å². The van der Waals surface area contributed by atoms with Crippen molar-refractivity contribution >= 4 is 33.4 Å². The average Bonchev–Trinajstić information content (AvgIpc) is 3.51. The zero-order valence-corrected chi connectivity index (χ0v) is 16.6. The van der Waals surface area contributed by atoms with E-state index in [-0.39, 0.29) is 17.7 Å². The fourth-order valence-corrected chi connectivity index (χ4v) is 5.24. The highest BCUT2D eigenvalue weighted by Crippen LogP contribution is 2.33. The number of carbonyl (C=O) groups excluding carboxylic acids is 2. The largest absolute Gasteiger partial charge is 0.348 e. The highest BCUT2D eigenvalue weighted by Gasteiger charge is 2.41. The quantitative estimate of drug-likeness (QED) is 0.686. The van der Waals surface area contributed by atoms with Crippen molar-refractivity contribution in [1.82, 2.24) is 14.9 Å². The van der Waals surface area contributed by atoms with E-state index >= 15 is 0 Å². The maximum atomic E-state index is 12.2. The van der Waals surface area contributed by atoms with Gasteiger partial charge in [0.15, 0.2) is 0 Å². The molecule has 2 aliphatic rings. The van der Waals surface area contributed by atoms with Gasteiger partial charge >= 0.3 is 11.8 Å². The summed E-state index contributed by atoms with van der Waals surface area (Å²) >= 11 is 6.02. The molecule has 1 saturated heterocycles. The first-order chi connectivity index (χ1) is 12.9. The third-order valence-electron chi connectivity index (χ3n) is 5.03. The van der Waals surface area contributed by atoms with Gasteiger partial charge in [-0.3, -0.25) is 9.59 Å². The van der Waals surface area contributed by atoms with Gasteiger partial charge in [-0.15, -0.1) is 0 Å². The molecule has 1 aromatic rings. The van der Waals surface area contributed by atoms with E-state index < -0.39 is 21.8 Å². The number of rotatable bonds is 6. The molecular formula is C18H24ClN3O4S. The predicted molar refractivity (Wildman–Crippen MR) is 103 cm³/mol. The third-order valence-corrected chi connectivity index (χ3v) is 7.80. The van der Waals surface area contributed by atoms with Crippen LogP contribution in [-0.4, -0.2) is 49.4 Å². The van der Waals surface area contributed by atoms with Crippen molar-refractivity contribution in [3.05, 3.63) is 34.9 Å². The first-order valence-electron chi connectivity index (χ1n) is 9.16. The van der Waals surface area contributed by atoms with Crippen LogP contribution in [0.5, 0.6) is 0 Å². The molecule has 0 radical (unpaired) electrons. The number of sulfonamides is 1. The number of hydrogen-bond acceptors (Lipinski definition) is 4. The normalized spacial score (nSPS) is 18.9. The van der Waals surface area contributed by atoms with E-state index in [2.05, 4.69) is 10.6 Å². The Morgan fingerprint density at radius 2 is 1.67 bits per heavy atom. The summed E-state index contributed by atoms with van der Waals surface area (Å²) in [6, 6.07) is 7.10. The van der Waals surface area contributed by atoms with Gasteiger partial charge in [0.25, 0.3) is 0 Å². The van der Waals surface area contributed by atoms with E-state index in [0.717, 1.165) is 18.4 Å². The molecule has 27 heavy (non-hydrogen) atoms. The lowest BCUT2D eigenvalue weighted by Gasteiger charge is -2.31. The third kappa shape index (κ3) is 5.21. The Balaban J connectivity index is 1.38. The van der Waals surface area contributed by atoms with Crippen LogP contribution in [0.2, 0.25) is 5.02 Å². The lowest BCUT2D eigenvalue weighted by Crippen LogP contribution is -2.45. The van der Waals surface area contributed by atoms with Gasteiger partial charge < -0.3 is 10.6 Å². The van der Waals surface area contributed by atoms with Gasteiger partial charge in [0.05, 0.1) is 5.25 Å². The number of benzene rings is 1. The standard InChI is InChI=1S/C18H24ClN3O4S/c19-16-4-2-1-3-14(16)12-21-18(24)17(23)20-11-13-7-9-22(10-8-13)27(25,26)15-5-6-15/h1-4,13,15H,5-12H2,(H,20,23)(H,21,24). The van der Waals surface area contributed by atoms with E-state index in [0.29, 0.717) is 37.5 Å². The SMILES string of the molecule is O=C(NCc1ccccc1Cl)C(=O)NCC1CCN(S(=O)(=O)C2CC2)CC1. The van der Waals surface area contributed by atoms with Crippen molar-refractivity contribution in [1.29, 1.82) is 0 Å². The van der Waals surface area contributed by atoms with Gasteiger partial charge in [-0.2, -0.15) is 0 Å². The molecule has 9 heteroatoms. The second kappa shape index (κ2) is 8.58. The molecule has 0 atom stereocenters. The van der Waals surface area contributed by atoms with Crippen molar-refractivity contribution in [2.75, 3.05) is 19.6 Å². The molecule has 3 rings (SSSR count). The number of piperidine rings is 1. The lowest BCUT2D eigenvalue weighted by molar-refractivity contribution is -0.139. The number of carbonyl (C=O) groups is 2. The fourth-order valence-electron chi connectivity index (χ4n) is 3.16. The number of halogens is 1.